The molecule has 3 heteroatoms. The average Bonchev–Trinajstić information content (AvgIpc) is 2.17. The average molecular weight is 225 g/mol. The molecule has 0 bridgehead atoms. The van der Waals surface area contributed by atoms with Gasteiger partial charge in [0.15, 0.2) is 0 Å². The Labute approximate surface area is 94.3 Å². The van der Waals surface area contributed by atoms with Crippen LogP contribution in [0, 0.1) is 6.92 Å². The number of aryl methyl sites for hydroxylation is 1. The van der Waals surface area contributed by atoms with Crippen molar-refractivity contribution in [3.63, 3.8) is 0 Å². The summed E-state index contributed by atoms with van der Waals surface area (Å²) < 4.78 is 12.1. The molecule has 0 aliphatic rings. The highest BCUT2D eigenvalue weighted by molar-refractivity contribution is 7.85. The quantitative estimate of drug-likeness (QED) is 0.801. The van der Waals surface area contributed by atoms with E-state index in [1.165, 1.54) is 0 Å². The maximum absolute atomic E-state index is 12.1. The normalized spacial score (nSPS) is 14.9. The van der Waals surface area contributed by atoms with Crippen molar-refractivity contribution in [2.24, 2.45) is 0 Å². The fourth-order valence-electron chi connectivity index (χ4n) is 1.63. The van der Waals surface area contributed by atoms with Gasteiger partial charge in [0.05, 0.1) is 10.8 Å². The van der Waals surface area contributed by atoms with Crippen LogP contribution in [0.15, 0.2) is 23.1 Å². The Kier molecular flexibility index (Phi) is 4.33. The van der Waals surface area contributed by atoms with Gasteiger partial charge in [-0.15, -0.1) is 0 Å². The zero-order chi connectivity index (χ0) is 11.4. The molecular formula is C12H19NOS. The summed E-state index contributed by atoms with van der Waals surface area (Å²) in [4.78, 5) is 0.921. The lowest BCUT2D eigenvalue weighted by Gasteiger charge is -2.12. The van der Waals surface area contributed by atoms with Crippen molar-refractivity contribution in [1.82, 2.24) is 0 Å². The van der Waals surface area contributed by atoms with Crippen molar-refractivity contribution >= 4 is 16.5 Å². The van der Waals surface area contributed by atoms with Crippen LogP contribution in [0.4, 0.5) is 5.69 Å². The predicted octanol–water partition coefficient (Wildman–Crippen LogP) is 2.87. The van der Waals surface area contributed by atoms with E-state index in [0.29, 0.717) is 0 Å². The van der Waals surface area contributed by atoms with E-state index in [0.717, 1.165) is 29.0 Å². The van der Waals surface area contributed by atoms with Gasteiger partial charge in [0.2, 0.25) is 0 Å². The topological polar surface area (TPSA) is 43.1 Å². The Hall–Kier alpha value is -0.830. The zero-order valence-electron chi connectivity index (χ0n) is 9.62. The molecule has 1 rings (SSSR count). The lowest BCUT2D eigenvalue weighted by atomic mass is 10.2. The Morgan fingerprint density at radius 1 is 1.47 bits per heavy atom. The SMILES string of the molecule is CCCC(C)S(=O)c1ccc(N)cc1C. The van der Waals surface area contributed by atoms with Gasteiger partial charge in [-0.2, -0.15) is 0 Å². The van der Waals surface area contributed by atoms with Crippen LogP contribution in [0.3, 0.4) is 0 Å². The van der Waals surface area contributed by atoms with Gasteiger partial charge in [0, 0.05) is 15.8 Å². The van der Waals surface area contributed by atoms with Crippen LogP contribution in [0.5, 0.6) is 0 Å². The van der Waals surface area contributed by atoms with Crippen LogP contribution in [0.1, 0.15) is 32.3 Å². The third-order valence-electron chi connectivity index (χ3n) is 2.48. The molecule has 0 saturated carbocycles. The summed E-state index contributed by atoms with van der Waals surface area (Å²) in [6.45, 7) is 6.11. The zero-order valence-corrected chi connectivity index (χ0v) is 10.4. The second-order valence-corrected chi connectivity index (χ2v) is 5.76. The summed E-state index contributed by atoms with van der Waals surface area (Å²) >= 11 is 0. The van der Waals surface area contributed by atoms with Crippen LogP contribution >= 0.6 is 0 Å². The molecule has 15 heavy (non-hydrogen) atoms. The minimum absolute atomic E-state index is 0.220. The number of hydrogen-bond acceptors (Lipinski definition) is 2. The van der Waals surface area contributed by atoms with Crippen LogP contribution in [0.2, 0.25) is 0 Å². The molecule has 0 aromatic heterocycles. The Morgan fingerprint density at radius 3 is 2.67 bits per heavy atom. The maximum atomic E-state index is 12.1. The molecule has 2 unspecified atom stereocenters. The first-order valence-corrected chi connectivity index (χ1v) is 6.54. The predicted molar refractivity (Wildman–Crippen MR) is 66.4 cm³/mol. The molecule has 0 saturated heterocycles. The molecule has 84 valence electrons. The number of rotatable bonds is 4. The summed E-state index contributed by atoms with van der Waals surface area (Å²) in [6.07, 6.45) is 2.07. The van der Waals surface area contributed by atoms with E-state index in [1.807, 2.05) is 32.0 Å². The molecule has 0 heterocycles. The number of benzene rings is 1. The summed E-state index contributed by atoms with van der Waals surface area (Å²) in [6, 6.07) is 5.58. The highest BCUT2D eigenvalue weighted by Crippen LogP contribution is 2.20. The monoisotopic (exact) mass is 225 g/mol. The molecule has 2 nitrogen and oxygen atoms in total. The van der Waals surface area contributed by atoms with Crippen molar-refractivity contribution in [3.05, 3.63) is 23.8 Å². The molecule has 2 N–H and O–H groups in total. The first-order valence-electron chi connectivity index (χ1n) is 5.33. The van der Waals surface area contributed by atoms with Gasteiger partial charge in [-0.05, 0) is 37.1 Å². The van der Waals surface area contributed by atoms with Gasteiger partial charge < -0.3 is 5.73 Å². The van der Waals surface area contributed by atoms with E-state index in [1.54, 1.807) is 0 Å². The van der Waals surface area contributed by atoms with Gasteiger partial charge >= 0.3 is 0 Å². The summed E-state index contributed by atoms with van der Waals surface area (Å²) in [5.74, 6) is 0. The van der Waals surface area contributed by atoms with Crippen molar-refractivity contribution in [2.45, 2.75) is 43.8 Å². The van der Waals surface area contributed by atoms with E-state index < -0.39 is 10.8 Å². The van der Waals surface area contributed by atoms with Crippen LogP contribution in [0.25, 0.3) is 0 Å². The van der Waals surface area contributed by atoms with E-state index in [-0.39, 0.29) is 5.25 Å². The third-order valence-corrected chi connectivity index (χ3v) is 4.33. The Balaban J connectivity index is 2.91. The molecule has 0 amide bonds. The molecule has 0 aliphatic carbocycles. The third kappa shape index (κ3) is 3.06. The lowest BCUT2D eigenvalue weighted by molar-refractivity contribution is 0.662. The smallest absolute Gasteiger partial charge is 0.0560 e. The Bertz CT molecular complexity index is 363. The molecule has 0 aliphatic heterocycles. The number of hydrogen-bond donors (Lipinski definition) is 1. The van der Waals surface area contributed by atoms with E-state index in [2.05, 4.69) is 6.92 Å². The van der Waals surface area contributed by atoms with E-state index in [4.69, 9.17) is 5.73 Å². The summed E-state index contributed by atoms with van der Waals surface area (Å²) in [5, 5.41) is 0.220. The Morgan fingerprint density at radius 2 is 2.13 bits per heavy atom. The highest BCUT2D eigenvalue weighted by Gasteiger charge is 2.14. The summed E-state index contributed by atoms with van der Waals surface area (Å²) in [5.41, 5.74) is 7.42. The fourth-order valence-corrected chi connectivity index (χ4v) is 3.09. The first-order chi connectivity index (χ1) is 7.06. The van der Waals surface area contributed by atoms with Crippen molar-refractivity contribution < 1.29 is 4.21 Å². The molecule has 2 atom stereocenters. The molecule has 0 radical (unpaired) electrons. The van der Waals surface area contributed by atoms with E-state index in [9.17, 15) is 4.21 Å². The van der Waals surface area contributed by atoms with Crippen LogP contribution in [-0.2, 0) is 10.8 Å². The standard InChI is InChI=1S/C12H19NOS/c1-4-5-10(3)15(14)12-7-6-11(13)8-9(12)2/h6-8,10H,4-5,13H2,1-3H3. The van der Waals surface area contributed by atoms with E-state index >= 15 is 0 Å². The molecule has 1 aromatic carbocycles. The van der Waals surface area contributed by atoms with Gasteiger partial charge in [0.1, 0.15) is 0 Å². The second kappa shape index (κ2) is 5.31. The molecular weight excluding hydrogens is 206 g/mol. The molecule has 0 fully saturated rings. The van der Waals surface area contributed by atoms with Crippen LogP contribution in [-0.4, -0.2) is 9.46 Å². The van der Waals surface area contributed by atoms with Gasteiger partial charge in [0.25, 0.3) is 0 Å². The van der Waals surface area contributed by atoms with Gasteiger partial charge in [-0.1, -0.05) is 20.3 Å². The fraction of sp³-hybridized carbons (Fsp3) is 0.500. The lowest BCUT2D eigenvalue weighted by Crippen LogP contribution is -2.11. The van der Waals surface area contributed by atoms with Crippen molar-refractivity contribution in [3.8, 4) is 0 Å². The van der Waals surface area contributed by atoms with Crippen LogP contribution < -0.4 is 5.73 Å². The minimum Gasteiger partial charge on any atom is -0.399 e. The highest BCUT2D eigenvalue weighted by atomic mass is 32.2. The van der Waals surface area contributed by atoms with Gasteiger partial charge in [-0.25, -0.2) is 0 Å². The first kappa shape index (κ1) is 12.2. The minimum atomic E-state index is -0.903. The van der Waals surface area contributed by atoms with Gasteiger partial charge in [-0.3, -0.25) is 4.21 Å². The van der Waals surface area contributed by atoms with Crippen molar-refractivity contribution in [1.29, 1.82) is 0 Å². The largest absolute Gasteiger partial charge is 0.399 e. The molecule has 1 aromatic rings. The number of nitrogens with two attached hydrogens (primary N) is 1. The second-order valence-electron chi connectivity index (χ2n) is 3.92. The number of nitrogen functional groups attached to an aromatic ring is 1. The maximum Gasteiger partial charge on any atom is 0.0560 e. The molecule has 0 spiro atoms. The van der Waals surface area contributed by atoms with Crippen molar-refractivity contribution in [2.75, 3.05) is 5.73 Å². The summed E-state index contributed by atoms with van der Waals surface area (Å²) in [7, 11) is -0.903. The number of anilines is 1.